The van der Waals surface area contributed by atoms with Gasteiger partial charge in [-0.05, 0) is 37.5 Å². The molecule has 5 nitrogen and oxygen atoms in total. The van der Waals surface area contributed by atoms with Gasteiger partial charge in [0, 0.05) is 12.5 Å². The summed E-state index contributed by atoms with van der Waals surface area (Å²) in [5.74, 6) is 0.0320. The van der Waals surface area contributed by atoms with Crippen molar-refractivity contribution in [3.05, 3.63) is 0 Å². The Kier molecular flexibility index (Phi) is 5.59. The molecule has 0 spiro atoms. The van der Waals surface area contributed by atoms with E-state index in [1.807, 2.05) is 0 Å². The van der Waals surface area contributed by atoms with Crippen molar-refractivity contribution in [2.45, 2.75) is 52.0 Å². The van der Waals surface area contributed by atoms with Crippen molar-refractivity contribution in [2.75, 3.05) is 5.75 Å². The lowest BCUT2D eigenvalue weighted by atomic mass is 9.81. The van der Waals surface area contributed by atoms with E-state index < -0.39 is 16.0 Å². The van der Waals surface area contributed by atoms with Gasteiger partial charge in [-0.15, -0.1) is 0 Å². The molecule has 18 heavy (non-hydrogen) atoms. The lowest BCUT2D eigenvalue weighted by Gasteiger charge is -2.31. The number of hydrogen-bond acceptors (Lipinski definition) is 3. The van der Waals surface area contributed by atoms with Gasteiger partial charge in [0.2, 0.25) is 10.0 Å². The maximum absolute atomic E-state index is 11.8. The minimum absolute atomic E-state index is 0.0126. The molecule has 0 amide bonds. The summed E-state index contributed by atoms with van der Waals surface area (Å²) in [7, 11) is -3.34. The highest BCUT2D eigenvalue weighted by Gasteiger charge is 2.27. The first kappa shape index (κ1) is 15.4. The maximum Gasteiger partial charge on any atom is 0.303 e. The van der Waals surface area contributed by atoms with Crippen molar-refractivity contribution in [1.29, 1.82) is 0 Å². The molecule has 106 valence electrons. The van der Waals surface area contributed by atoms with Crippen LogP contribution in [0.25, 0.3) is 0 Å². The number of sulfonamides is 1. The summed E-state index contributed by atoms with van der Waals surface area (Å²) >= 11 is 0. The summed E-state index contributed by atoms with van der Waals surface area (Å²) in [6, 6.07) is 0.0126. The van der Waals surface area contributed by atoms with E-state index in [1.54, 1.807) is 0 Å². The number of aliphatic carboxylic acids is 1. The van der Waals surface area contributed by atoms with E-state index in [0.29, 0.717) is 11.8 Å². The smallest absolute Gasteiger partial charge is 0.303 e. The van der Waals surface area contributed by atoms with Crippen LogP contribution in [0, 0.1) is 11.8 Å². The average molecular weight is 277 g/mol. The molecule has 0 bridgehead atoms. The van der Waals surface area contributed by atoms with Crippen molar-refractivity contribution >= 4 is 16.0 Å². The Morgan fingerprint density at radius 1 is 1.22 bits per heavy atom. The predicted octanol–water partition coefficient (Wildman–Crippen LogP) is 1.60. The Morgan fingerprint density at radius 2 is 1.78 bits per heavy atom. The van der Waals surface area contributed by atoms with E-state index in [-0.39, 0.29) is 24.6 Å². The lowest BCUT2D eigenvalue weighted by molar-refractivity contribution is -0.137. The first-order valence-electron chi connectivity index (χ1n) is 6.50. The first-order valence-corrected chi connectivity index (χ1v) is 8.15. The Hall–Kier alpha value is -0.620. The third-order valence-corrected chi connectivity index (χ3v) is 4.85. The van der Waals surface area contributed by atoms with Crippen molar-refractivity contribution in [3.63, 3.8) is 0 Å². The fourth-order valence-electron chi connectivity index (χ4n) is 2.77. The van der Waals surface area contributed by atoms with Gasteiger partial charge in [-0.2, -0.15) is 0 Å². The number of rotatable bonds is 6. The lowest BCUT2D eigenvalue weighted by Crippen LogP contribution is -2.41. The fraction of sp³-hybridized carbons (Fsp3) is 0.917. The largest absolute Gasteiger partial charge is 0.481 e. The molecule has 1 aliphatic carbocycles. The maximum atomic E-state index is 11.8. The number of carboxylic acid groups (broad SMARTS) is 1. The molecule has 0 aromatic heterocycles. The Balaban J connectivity index is 2.42. The van der Waals surface area contributed by atoms with Crippen LogP contribution in [0.3, 0.4) is 0 Å². The standard InChI is InChI=1S/C12H23NO4S/c1-9-6-10(2)8-11(7-9)13-18(16,17)5-3-4-12(14)15/h9-11,13H,3-8H2,1-2H3,(H,14,15). The predicted molar refractivity (Wildman–Crippen MR) is 69.8 cm³/mol. The summed E-state index contributed by atoms with van der Waals surface area (Å²) in [4.78, 5) is 10.3. The number of nitrogens with one attached hydrogen (secondary N) is 1. The minimum atomic E-state index is -3.34. The Bertz CT molecular complexity index is 370. The van der Waals surface area contributed by atoms with Gasteiger partial charge in [-0.3, -0.25) is 4.79 Å². The molecule has 2 N–H and O–H groups in total. The van der Waals surface area contributed by atoms with Crippen LogP contribution in [0.1, 0.15) is 46.0 Å². The van der Waals surface area contributed by atoms with Gasteiger partial charge in [0.1, 0.15) is 0 Å². The van der Waals surface area contributed by atoms with E-state index in [4.69, 9.17) is 5.11 Å². The van der Waals surface area contributed by atoms with E-state index in [0.717, 1.165) is 19.3 Å². The van der Waals surface area contributed by atoms with Gasteiger partial charge in [0.25, 0.3) is 0 Å². The monoisotopic (exact) mass is 277 g/mol. The van der Waals surface area contributed by atoms with Crippen LogP contribution in [0.4, 0.5) is 0 Å². The summed E-state index contributed by atoms with van der Waals surface area (Å²) in [6.07, 6.45) is 2.98. The van der Waals surface area contributed by atoms with Gasteiger partial charge >= 0.3 is 5.97 Å². The molecule has 1 saturated carbocycles. The zero-order valence-corrected chi connectivity index (χ0v) is 11.9. The van der Waals surface area contributed by atoms with Gasteiger partial charge in [-0.25, -0.2) is 13.1 Å². The molecule has 0 radical (unpaired) electrons. The summed E-state index contributed by atoms with van der Waals surface area (Å²) in [6.45, 7) is 4.28. The molecular formula is C12H23NO4S. The van der Waals surface area contributed by atoms with Crippen molar-refractivity contribution in [2.24, 2.45) is 11.8 Å². The van der Waals surface area contributed by atoms with Crippen LogP contribution in [0.15, 0.2) is 0 Å². The molecule has 6 heteroatoms. The SMILES string of the molecule is CC1CC(C)CC(NS(=O)(=O)CCCC(=O)O)C1. The van der Waals surface area contributed by atoms with Crippen LogP contribution in [0.2, 0.25) is 0 Å². The van der Waals surface area contributed by atoms with E-state index in [1.165, 1.54) is 0 Å². The summed E-state index contributed by atoms with van der Waals surface area (Å²) in [5.41, 5.74) is 0. The van der Waals surface area contributed by atoms with Crippen LogP contribution in [-0.4, -0.2) is 31.3 Å². The van der Waals surface area contributed by atoms with Gasteiger partial charge in [0.15, 0.2) is 0 Å². The average Bonchev–Trinajstić information content (AvgIpc) is 2.12. The molecule has 0 aliphatic heterocycles. The summed E-state index contributed by atoms with van der Waals surface area (Å²) in [5, 5.41) is 8.49. The van der Waals surface area contributed by atoms with Crippen molar-refractivity contribution in [1.82, 2.24) is 4.72 Å². The number of carbonyl (C=O) groups is 1. The van der Waals surface area contributed by atoms with Crippen LogP contribution < -0.4 is 4.72 Å². The van der Waals surface area contributed by atoms with E-state index in [9.17, 15) is 13.2 Å². The molecule has 2 unspecified atom stereocenters. The van der Waals surface area contributed by atoms with Gasteiger partial charge in [-0.1, -0.05) is 13.8 Å². The summed E-state index contributed by atoms with van der Waals surface area (Å²) < 4.78 is 26.3. The number of hydrogen-bond donors (Lipinski definition) is 2. The molecular weight excluding hydrogens is 254 g/mol. The zero-order valence-electron chi connectivity index (χ0n) is 11.1. The quantitative estimate of drug-likeness (QED) is 0.772. The Morgan fingerprint density at radius 3 is 2.28 bits per heavy atom. The minimum Gasteiger partial charge on any atom is -0.481 e. The fourth-order valence-corrected chi connectivity index (χ4v) is 4.11. The Labute approximate surface area is 109 Å². The molecule has 1 aliphatic rings. The van der Waals surface area contributed by atoms with Crippen LogP contribution >= 0.6 is 0 Å². The first-order chi connectivity index (χ1) is 8.28. The highest BCUT2D eigenvalue weighted by molar-refractivity contribution is 7.89. The molecule has 0 aromatic rings. The van der Waals surface area contributed by atoms with Crippen molar-refractivity contribution < 1.29 is 18.3 Å². The highest BCUT2D eigenvalue weighted by Crippen LogP contribution is 2.28. The highest BCUT2D eigenvalue weighted by atomic mass is 32.2. The molecule has 1 fully saturated rings. The molecule has 0 aromatic carbocycles. The van der Waals surface area contributed by atoms with Crippen LogP contribution in [-0.2, 0) is 14.8 Å². The molecule has 1 rings (SSSR count). The normalized spacial score (nSPS) is 29.1. The van der Waals surface area contributed by atoms with E-state index in [2.05, 4.69) is 18.6 Å². The molecule has 0 saturated heterocycles. The zero-order chi connectivity index (χ0) is 13.8. The second-order valence-corrected chi connectivity index (χ2v) is 7.42. The second-order valence-electron chi connectivity index (χ2n) is 5.55. The third kappa shape index (κ3) is 5.82. The third-order valence-electron chi connectivity index (χ3n) is 3.33. The van der Waals surface area contributed by atoms with Crippen LogP contribution in [0.5, 0.6) is 0 Å². The van der Waals surface area contributed by atoms with E-state index >= 15 is 0 Å². The number of carboxylic acids is 1. The van der Waals surface area contributed by atoms with Gasteiger partial charge in [0.05, 0.1) is 5.75 Å². The van der Waals surface area contributed by atoms with Crippen molar-refractivity contribution in [3.8, 4) is 0 Å². The molecule has 2 atom stereocenters. The topological polar surface area (TPSA) is 83.5 Å². The van der Waals surface area contributed by atoms with Gasteiger partial charge < -0.3 is 5.11 Å². The molecule has 0 heterocycles. The second kappa shape index (κ2) is 6.52.